The van der Waals surface area contributed by atoms with Crippen LogP contribution in [-0.2, 0) is 6.42 Å². The zero-order valence-corrected chi connectivity index (χ0v) is 9.58. The molecule has 1 saturated heterocycles. The first-order valence-electron chi connectivity index (χ1n) is 5.75. The molecular formula is C12H19N3. The predicted octanol–water partition coefficient (Wildman–Crippen LogP) is 1.64. The van der Waals surface area contributed by atoms with Gasteiger partial charge in [0.15, 0.2) is 0 Å². The maximum atomic E-state index is 4.53. The Kier molecular flexibility index (Phi) is 3.31. The van der Waals surface area contributed by atoms with Gasteiger partial charge in [0.05, 0.1) is 0 Å². The normalized spacial score (nSPS) is 21.6. The zero-order chi connectivity index (χ0) is 10.7. The lowest BCUT2D eigenvalue weighted by atomic mass is 9.96. The minimum Gasteiger partial charge on any atom is -0.316 e. The number of aromatic nitrogens is 2. The van der Waals surface area contributed by atoms with Crippen LogP contribution in [0.1, 0.15) is 29.9 Å². The standard InChI is InChI=1S/C12H19N3/c1-9-7-14-12(15-10(9)2)6-11-4-3-5-13-8-11/h7,11,13H,3-6,8H2,1-2H3. The molecule has 2 heterocycles. The molecule has 0 radical (unpaired) electrons. The van der Waals surface area contributed by atoms with Crippen LogP contribution in [0.4, 0.5) is 0 Å². The zero-order valence-electron chi connectivity index (χ0n) is 9.58. The summed E-state index contributed by atoms with van der Waals surface area (Å²) >= 11 is 0. The number of hydrogen-bond donors (Lipinski definition) is 1. The molecule has 15 heavy (non-hydrogen) atoms. The van der Waals surface area contributed by atoms with Gasteiger partial charge in [-0.25, -0.2) is 9.97 Å². The topological polar surface area (TPSA) is 37.8 Å². The van der Waals surface area contributed by atoms with Crippen molar-refractivity contribution in [2.24, 2.45) is 5.92 Å². The highest BCUT2D eigenvalue weighted by molar-refractivity contribution is 5.13. The van der Waals surface area contributed by atoms with Gasteiger partial charge in [-0.05, 0) is 51.3 Å². The van der Waals surface area contributed by atoms with E-state index in [9.17, 15) is 0 Å². The number of nitrogens with one attached hydrogen (secondary N) is 1. The lowest BCUT2D eigenvalue weighted by Gasteiger charge is -2.21. The molecule has 1 aromatic heterocycles. The number of aryl methyl sites for hydroxylation is 2. The molecule has 1 aliphatic rings. The quantitative estimate of drug-likeness (QED) is 0.797. The summed E-state index contributed by atoms with van der Waals surface area (Å²) in [6.07, 6.45) is 5.56. The minimum atomic E-state index is 0.723. The van der Waals surface area contributed by atoms with E-state index >= 15 is 0 Å². The van der Waals surface area contributed by atoms with Crippen molar-refractivity contribution in [3.63, 3.8) is 0 Å². The molecular weight excluding hydrogens is 186 g/mol. The summed E-state index contributed by atoms with van der Waals surface area (Å²) in [5, 5.41) is 3.43. The van der Waals surface area contributed by atoms with Gasteiger partial charge in [0.25, 0.3) is 0 Å². The number of piperidine rings is 1. The van der Waals surface area contributed by atoms with Crippen LogP contribution in [0.15, 0.2) is 6.20 Å². The van der Waals surface area contributed by atoms with Crippen LogP contribution in [-0.4, -0.2) is 23.1 Å². The van der Waals surface area contributed by atoms with Crippen molar-refractivity contribution in [2.45, 2.75) is 33.1 Å². The Morgan fingerprint density at radius 1 is 1.47 bits per heavy atom. The molecule has 2 rings (SSSR count). The molecule has 3 nitrogen and oxygen atoms in total. The minimum absolute atomic E-state index is 0.723. The van der Waals surface area contributed by atoms with E-state index in [0.717, 1.165) is 30.4 Å². The van der Waals surface area contributed by atoms with E-state index in [4.69, 9.17) is 0 Å². The number of nitrogens with zero attached hydrogens (tertiary/aromatic N) is 2. The first-order valence-corrected chi connectivity index (χ1v) is 5.75. The number of rotatable bonds is 2. The van der Waals surface area contributed by atoms with E-state index in [0.29, 0.717) is 0 Å². The summed E-state index contributed by atoms with van der Waals surface area (Å²) in [5.74, 6) is 1.73. The van der Waals surface area contributed by atoms with E-state index in [-0.39, 0.29) is 0 Å². The van der Waals surface area contributed by atoms with Crippen molar-refractivity contribution in [3.8, 4) is 0 Å². The van der Waals surface area contributed by atoms with Crippen LogP contribution in [0.2, 0.25) is 0 Å². The van der Waals surface area contributed by atoms with Crippen molar-refractivity contribution in [1.29, 1.82) is 0 Å². The summed E-state index contributed by atoms with van der Waals surface area (Å²) in [5.41, 5.74) is 2.30. The van der Waals surface area contributed by atoms with Crippen LogP contribution in [0.3, 0.4) is 0 Å². The first-order chi connectivity index (χ1) is 7.25. The second kappa shape index (κ2) is 4.71. The fourth-order valence-electron chi connectivity index (χ4n) is 2.03. The van der Waals surface area contributed by atoms with Crippen LogP contribution in [0.5, 0.6) is 0 Å². The van der Waals surface area contributed by atoms with Gasteiger partial charge in [-0.3, -0.25) is 0 Å². The largest absolute Gasteiger partial charge is 0.316 e. The molecule has 1 fully saturated rings. The molecule has 0 spiro atoms. The van der Waals surface area contributed by atoms with Crippen LogP contribution < -0.4 is 5.32 Å². The fourth-order valence-corrected chi connectivity index (χ4v) is 2.03. The third-order valence-electron chi connectivity index (χ3n) is 3.14. The SMILES string of the molecule is Cc1cnc(CC2CCCNC2)nc1C. The summed E-state index contributed by atoms with van der Waals surface area (Å²) < 4.78 is 0. The summed E-state index contributed by atoms with van der Waals surface area (Å²) in [6, 6.07) is 0. The third kappa shape index (κ3) is 2.75. The summed E-state index contributed by atoms with van der Waals surface area (Å²) in [4.78, 5) is 8.92. The van der Waals surface area contributed by atoms with Gasteiger partial charge in [0.2, 0.25) is 0 Å². The molecule has 0 saturated carbocycles. The van der Waals surface area contributed by atoms with E-state index < -0.39 is 0 Å². The van der Waals surface area contributed by atoms with E-state index in [1.165, 1.54) is 24.9 Å². The average Bonchev–Trinajstić information content (AvgIpc) is 2.25. The molecule has 0 amide bonds. The Balaban J connectivity index is 2.00. The van der Waals surface area contributed by atoms with Crippen LogP contribution in [0, 0.1) is 19.8 Å². The monoisotopic (exact) mass is 205 g/mol. The Labute approximate surface area is 91.3 Å². The molecule has 1 aromatic rings. The van der Waals surface area contributed by atoms with Crippen molar-refractivity contribution in [3.05, 3.63) is 23.3 Å². The highest BCUT2D eigenvalue weighted by atomic mass is 14.9. The molecule has 0 aromatic carbocycles. The molecule has 1 N–H and O–H groups in total. The van der Waals surface area contributed by atoms with E-state index in [1.807, 2.05) is 6.20 Å². The average molecular weight is 205 g/mol. The second-order valence-corrected chi connectivity index (χ2v) is 4.47. The van der Waals surface area contributed by atoms with Crippen LogP contribution in [0.25, 0.3) is 0 Å². The molecule has 1 unspecified atom stereocenters. The maximum absolute atomic E-state index is 4.53. The fraction of sp³-hybridized carbons (Fsp3) is 0.667. The maximum Gasteiger partial charge on any atom is 0.128 e. The van der Waals surface area contributed by atoms with E-state index in [2.05, 4.69) is 29.1 Å². The lowest BCUT2D eigenvalue weighted by molar-refractivity contribution is 0.370. The third-order valence-corrected chi connectivity index (χ3v) is 3.14. The molecule has 3 heteroatoms. The van der Waals surface area contributed by atoms with Gasteiger partial charge < -0.3 is 5.32 Å². The number of hydrogen-bond acceptors (Lipinski definition) is 3. The molecule has 1 aliphatic heterocycles. The Hall–Kier alpha value is -0.960. The van der Waals surface area contributed by atoms with Gasteiger partial charge in [0.1, 0.15) is 5.82 Å². The molecule has 1 atom stereocenters. The van der Waals surface area contributed by atoms with Gasteiger partial charge >= 0.3 is 0 Å². The highest BCUT2D eigenvalue weighted by Gasteiger charge is 2.14. The highest BCUT2D eigenvalue weighted by Crippen LogP contribution is 2.14. The van der Waals surface area contributed by atoms with Crippen LogP contribution >= 0.6 is 0 Å². The molecule has 0 bridgehead atoms. The van der Waals surface area contributed by atoms with Gasteiger partial charge in [-0.1, -0.05) is 0 Å². The van der Waals surface area contributed by atoms with Crippen molar-refractivity contribution >= 4 is 0 Å². The smallest absolute Gasteiger partial charge is 0.128 e. The Morgan fingerprint density at radius 2 is 2.33 bits per heavy atom. The van der Waals surface area contributed by atoms with Crippen molar-refractivity contribution in [1.82, 2.24) is 15.3 Å². The van der Waals surface area contributed by atoms with Gasteiger partial charge in [-0.15, -0.1) is 0 Å². The summed E-state index contributed by atoms with van der Waals surface area (Å²) in [6.45, 7) is 6.40. The lowest BCUT2D eigenvalue weighted by Crippen LogP contribution is -2.31. The first kappa shape index (κ1) is 10.6. The second-order valence-electron chi connectivity index (χ2n) is 4.47. The van der Waals surface area contributed by atoms with Crippen molar-refractivity contribution in [2.75, 3.05) is 13.1 Å². The van der Waals surface area contributed by atoms with Gasteiger partial charge in [-0.2, -0.15) is 0 Å². The van der Waals surface area contributed by atoms with E-state index in [1.54, 1.807) is 0 Å². The predicted molar refractivity (Wildman–Crippen MR) is 60.8 cm³/mol. The van der Waals surface area contributed by atoms with Crippen molar-refractivity contribution < 1.29 is 0 Å². The Morgan fingerprint density at radius 3 is 3.00 bits per heavy atom. The summed E-state index contributed by atoms with van der Waals surface area (Å²) in [7, 11) is 0. The molecule has 82 valence electrons. The Bertz CT molecular complexity index is 330. The molecule has 0 aliphatic carbocycles. The van der Waals surface area contributed by atoms with Gasteiger partial charge in [0, 0.05) is 18.3 Å².